The summed E-state index contributed by atoms with van der Waals surface area (Å²) in [5, 5.41) is 0. The maximum atomic E-state index is 12.0. The van der Waals surface area contributed by atoms with E-state index in [1.165, 1.54) is 5.56 Å². The van der Waals surface area contributed by atoms with E-state index in [1.807, 2.05) is 23.1 Å². The zero-order valence-electron chi connectivity index (χ0n) is 13.8. The lowest BCUT2D eigenvalue weighted by atomic mass is 9.89. The van der Waals surface area contributed by atoms with Crippen molar-refractivity contribution in [1.82, 2.24) is 0 Å². The van der Waals surface area contributed by atoms with E-state index in [-0.39, 0.29) is 5.91 Å². The molecule has 1 amide bonds. The zero-order valence-corrected chi connectivity index (χ0v) is 13.8. The van der Waals surface area contributed by atoms with E-state index in [0.717, 1.165) is 27.9 Å². The highest BCUT2D eigenvalue weighted by Gasteiger charge is 2.25. The lowest BCUT2D eigenvalue weighted by molar-refractivity contribution is -0.116. The van der Waals surface area contributed by atoms with Crippen LogP contribution in [-0.4, -0.2) is 20.1 Å². The second-order valence-electron chi connectivity index (χ2n) is 5.77. The summed E-state index contributed by atoms with van der Waals surface area (Å²) < 4.78 is 10.6. The number of ether oxygens (including phenoxy) is 2. The summed E-state index contributed by atoms with van der Waals surface area (Å²) in [5.41, 5.74) is 6.60. The first-order valence-corrected chi connectivity index (χ1v) is 7.65. The molecule has 0 aromatic heterocycles. The minimum atomic E-state index is 0.0531. The van der Waals surface area contributed by atoms with Crippen molar-refractivity contribution in [3.63, 3.8) is 0 Å². The first kappa shape index (κ1) is 15.7. The standard InChI is InChI=1S/C19H21NO3/c1-13(21)20-10-14-8-15(11-22-2)16(12-23-3)9-18(14)17-6-4-5-7-19(17)20/h4-9H,10-12H2,1-3H3. The van der Waals surface area contributed by atoms with E-state index >= 15 is 0 Å². The molecule has 1 heterocycles. The number of carbonyl (C=O) groups is 1. The Balaban J connectivity index is 2.17. The van der Waals surface area contributed by atoms with Crippen molar-refractivity contribution in [3.05, 3.63) is 53.1 Å². The smallest absolute Gasteiger partial charge is 0.224 e. The molecule has 0 aliphatic carbocycles. The third-order valence-electron chi connectivity index (χ3n) is 4.22. The highest BCUT2D eigenvalue weighted by atomic mass is 16.5. The molecule has 4 heteroatoms. The van der Waals surface area contributed by atoms with Gasteiger partial charge in [-0.1, -0.05) is 24.3 Å². The Kier molecular flexibility index (Phi) is 4.46. The molecule has 0 N–H and O–H groups in total. The van der Waals surface area contributed by atoms with Crippen molar-refractivity contribution in [2.45, 2.75) is 26.7 Å². The summed E-state index contributed by atoms with van der Waals surface area (Å²) in [6, 6.07) is 12.3. The fourth-order valence-electron chi connectivity index (χ4n) is 3.17. The Hall–Kier alpha value is -2.17. The molecule has 0 saturated heterocycles. The number of hydrogen-bond donors (Lipinski definition) is 0. The van der Waals surface area contributed by atoms with Crippen LogP contribution in [0, 0.1) is 0 Å². The van der Waals surface area contributed by atoms with E-state index in [1.54, 1.807) is 21.1 Å². The second kappa shape index (κ2) is 6.52. The number of amides is 1. The fourth-order valence-corrected chi connectivity index (χ4v) is 3.17. The van der Waals surface area contributed by atoms with Crippen molar-refractivity contribution in [2.75, 3.05) is 19.1 Å². The Morgan fingerprint density at radius 2 is 1.70 bits per heavy atom. The molecule has 0 fully saturated rings. The lowest BCUT2D eigenvalue weighted by Crippen LogP contribution is -2.31. The van der Waals surface area contributed by atoms with Gasteiger partial charge in [-0.05, 0) is 34.4 Å². The van der Waals surface area contributed by atoms with Crippen LogP contribution >= 0.6 is 0 Å². The van der Waals surface area contributed by atoms with Crippen LogP contribution in [0.4, 0.5) is 5.69 Å². The topological polar surface area (TPSA) is 38.8 Å². The van der Waals surface area contributed by atoms with E-state index in [2.05, 4.69) is 18.2 Å². The number of rotatable bonds is 4. The highest BCUT2D eigenvalue weighted by molar-refractivity contribution is 5.99. The molecule has 0 unspecified atom stereocenters. The molecule has 1 aliphatic heterocycles. The van der Waals surface area contributed by atoms with Gasteiger partial charge in [0, 0.05) is 26.7 Å². The first-order chi connectivity index (χ1) is 11.2. The SMILES string of the molecule is COCc1cc2c(cc1COC)-c1ccccc1N(C(C)=O)C2. The van der Waals surface area contributed by atoms with Gasteiger partial charge in [-0.3, -0.25) is 4.79 Å². The van der Waals surface area contributed by atoms with Gasteiger partial charge in [0.15, 0.2) is 0 Å². The van der Waals surface area contributed by atoms with Gasteiger partial charge in [0.2, 0.25) is 5.91 Å². The monoisotopic (exact) mass is 311 g/mol. The number of carbonyl (C=O) groups excluding carboxylic acids is 1. The molecule has 0 atom stereocenters. The first-order valence-electron chi connectivity index (χ1n) is 7.65. The number of anilines is 1. The van der Waals surface area contributed by atoms with Gasteiger partial charge in [-0.25, -0.2) is 0 Å². The quantitative estimate of drug-likeness (QED) is 0.867. The predicted molar refractivity (Wildman–Crippen MR) is 90.2 cm³/mol. The average molecular weight is 311 g/mol. The molecule has 23 heavy (non-hydrogen) atoms. The predicted octanol–water partition coefficient (Wildman–Crippen LogP) is 3.51. The number of para-hydroxylation sites is 1. The molecular weight excluding hydrogens is 290 g/mol. The van der Waals surface area contributed by atoms with E-state index in [4.69, 9.17) is 9.47 Å². The number of nitrogens with zero attached hydrogens (tertiary/aromatic N) is 1. The van der Waals surface area contributed by atoms with E-state index in [9.17, 15) is 4.79 Å². The van der Waals surface area contributed by atoms with Crippen LogP contribution in [0.15, 0.2) is 36.4 Å². The molecule has 0 spiro atoms. The van der Waals surface area contributed by atoms with Gasteiger partial charge in [0.1, 0.15) is 0 Å². The maximum absolute atomic E-state index is 12.0. The van der Waals surface area contributed by atoms with E-state index in [0.29, 0.717) is 19.8 Å². The van der Waals surface area contributed by atoms with Gasteiger partial charge in [-0.15, -0.1) is 0 Å². The summed E-state index contributed by atoms with van der Waals surface area (Å²) in [6.45, 7) is 3.28. The fraction of sp³-hybridized carbons (Fsp3) is 0.316. The third-order valence-corrected chi connectivity index (χ3v) is 4.22. The summed E-state index contributed by atoms with van der Waals surface area (Å²) in [7, 11) is 3.38. The largest absolute Gasteiger partial charge is 0.380 e. The van der Waals surface area contributed by atoms with Gasteiger partial charge >= 0.3 is 0 Å². The van der Waals surface area contributed by atoms with Crippen molar-refractivity contribution in [3.8, 4) is 11.1 Å². The summed E-state index contributed by atoms with van der Waals surface area (Å²) >= 11 is 0. The Labute approximate surface area is 136 Å². The number of hydrogen-bond acceptors (Lipinski definition) is 3. The van der Waals surface area contributed by atoms with Crippen LogP contribution in [0.5, 0.6) is 0 Å². The van der Waals surface area contributed by atoms with Crippen LogP contribution in [0.25, 0.3) is 11.1 Å². The van der Waals surface area contributed by atoms with Crippen LogP contribution in [0.1, 0.15) is 23.6 Å². The maximum Gasteiger partial charge on any atom is 0.224 e. The number of fused-ring (bicyclic) bond motifs is 3. The van der Waals surface area contributed by atoms with Crippen molar-refractivity contribution < 1.29 is 14.3 Å². The molecule has 0 saturated carbocycles. The minimum absolute atomic E-state index is 0.0531. The minimum Gasteiger partial charge on any atom is -0.380 e. The van der Waals surface area contributed by atoms with Crippen LogP contribution in [0.2, 0.25) is 0 Å². The molecule has 1 aliphatic rings. The summed E-state index contributed by atoms with van der Waals surface area (Å²) in [5.74, 6) is 0.0531. The van der Waals surface area contributed by atoms with Gasteiger partial charge in [0.25, 0.3) is 0 Å². The van der Waals surface area contributed by atoms with E-state index < -0.39 is 0 Å². The normalized spacial score (nSPS) is 12.7. The molecule has 0 radical (unpaired) electrons. The molecule has 3 rings (SSSR count). The highest BCUT2D eigenvalue weighted by Crippen LogP contribution is 2.40. The molecule has 4 nitrogen and oxygen atoms in total. The van der Waals surface area contributed by atoms with Crippen LogP contribution < -0.4 is 4.90 Å². The van der Waals surface area contributed by atoms with Crippen molar-refractivity contribution >= 4 is 11.6 Å². The zero-order chi connectivity index (χ0) is 16.4. The van der Waals surface area contributed by atoms with Gasteiger partial charge in [-0.2, -0.15) is 0 Å². The molecule has 2 aromatic carbocycles. The molecule has 120 valence electrons. The van der Waals surface area contributed by atoms with Gasteiger partial charge in [0.05, 0.1) is 25.4 Å². The van der Waals surface area contributed by atoms with Crippen LogP contribution in [0.3, 0.4) is 0 Å². The molecule has 2 aromatic rings. The molecule has 0 bridgehead atoms. The second-order valence-corrected chi connectivity index (χ2v) is 5.77. The Morgan fingerprint density at radius 3 is 2.35 bits per heavy atom. The van der Waals surface area contributed by atoms with Crippen LogP contribution in [-0.2, 0) is 34.0 Å². The van der Waals surface area contributed by atoms with Gasteiger partial charge < -0.3 is 14.4 Å². The summed E-state index contributed by atoms with van der Waals surface area (Å²) in [4.78, 5) is 13.9. The third kappa shape index (κ3) is 2.87. The number of benzene rings is 2. The lowest BCUT2D eigenvalue weighted by Gasteiger charge is -2.31. The Bertz CT molecular complexity index is 739. The average Bonchev–Trinajstić information content (AvgIpc) is 2.55. The van der Waals surface area contributed by atoms with Crippen molar-refractivity contribution in [1.29, 1.82) is 0 Å². The number of methoxy groups -OCH3 is 2. The van der Waals surface area contributed by atoms with Crippen molar-refractivity contribution in [2.24, 2.45) is 0 Å². The Morgan fingerprint density at radius 1 is 1.04 bits per heavy atom. The molecular formula is C19H21NO3. The summed E-state index contributed by atoms with van der Waals surface area (Å²) in [6.07, 6.45) is 0.